The third-order valence-corrected chi connectivity index (χ3v) is 4.73. The molecule has 1 heterocycles. The summed E-state index contributed by atoms with van der Waals surface area (Å²) in [7, 11) is 0. The fraction of sp³-hybridized carbons (Fsp3) is 0.400. The highest BCUT2D eigenvalue weighted by Crippen LogP contribution is 2.34. The number of amides is 1. The summed E-state index contributed by atoms with van der Waals surface area (Å²) in [6.45, 7) is 0.127. The predicted molar refractivity (Wildman–Crippen MR) is 93.5 cm³/mol. The average molecular weight is 392 g/mol. The second kappa shape index (κ2) is 7.70. The fourth-order valence-electron chi connectivity index (χ4n) is 2.65. The van der Waals surface area contributed by atoms with E-state index in [0.29, 0.717) is 27.3 Å². The Bertz CT molecular complexity index is 729. The molecule has 6 nitrogen and oxygen atoms in total. The lowest BCUT2D eigenvalue weighted by molar-refractivity contribution is 0.0946. The average Bonchev–Trinajstić information content (AvgIpc) is 3.17. The van der Waals surface area contributed by atoms with Crippen LogP contribution in [0.1, 0.15) is 47.8 Å². The fourth-order valence-corrected chi connectivity index (χ4v) is 2.95. The molecule has 1 saturated carbocycles. The number of aromatic nitrogens is 2. The van der Waals surface area contributed by atoms with Crippen molar-refractivity contribution in [2.45, 2.75) is 37.8 Å². The molecule has 0 aliphatic heterocycles. The normalized spacial score (nSPS) is 15.8. The van der Waals surface area contributed by atoms with Crippen molar-refractivity contribution in [1.82, 2.24) is 15.5 Å². The van der Waals surface area contributed by atoms with Gasteiger partial charge in [-0.3, -0.25) is 4.79 Å². The van der Waals surface area contributed by atoms with Crippen LogP contribution in [0.3, 0.4) is 0 Å². The number of nitrogens with zero attached hydrogens (tertiary/aromatic N) is 2. The Morgan fingerprint density at radius 2 is 2.00 bits per heavy atom. The van der Waals surface area contributed by atoms with E-state index in [-0.39, 0.29) is 24.9 Å². The van der Waals surface area contributed by atoms with E-state index >= 15 is 0 Å². The molecular formula is C15H17Cl3N4O2. The van der Waals surface area contributed by atoms with Gasteiger partial charge < -0.3 is 15.6 Å². The largest absolute Gasteiger partial charge is 0.343 e. The zero-order valence-corrected chi connectivity index (χ0v) is 15.0. The van der Waals surface area contributed by atoms with Crippen molar-refractivity contribution in [1.29, 1.82) is 0 Å². The number of halogens is 3. The molecule has 0 bridgehead atoms. The summed E-state index contributed by atoms with van der Waals surface area (Å²) in [4.78, 5) is 16.4. The van der Waals surface area contributed by atoms with Crippen LogP contribution < -0.4 is 11.1 Å². The Hall–Kier alpha value is -1.34. The van der Waals surface area contributed by atoms with E-state index in [1.54, 1.807) is 12.1 Å². The van der Waals surface area contributed by atoms with Gasteiger partial charge in [-0.2, -0.15) is 4.98 Å². The highest BCUT2D eigenvalue weighted by atomic mass is 35.5. The number of hydrogen-bond acceptors (Lipinski definition) is 5. The molecule has 1 amide bonds. The van der Waals surface area contributed by atoms with Crippen molar-refractivity contribution in [3.05, 3.63) is 45.5 Å². The second-order valence-electron chi connectivity index (χ2n) is 5.69. The smallest absolute Gasteiger partial charge is 0.251 e. The summed E-state index contributed by atoms with van der Waals surface area (Å²) in [5.41, 5.74) is 6.18. The standard InChI is InChI=1S/C15H16Cl2N4O2.ClH/c16-10-4-3-9(7-11(10)17)13(22)19-8-12-20-14(21-23-12)15(18)5-1-2-6-15;/h3-4,7H,1-2,5-6,8,18H2,(H,19,22);1H. The van der Waals surface area contributed by atoms with Crippen molar-refractivity contribution in [3.8, 4) is 0 Å². The molecule has 0 spiro atoms. The van der Waals surface area contributed by atoms with Crippen molar-refractivity contribution >= 4 is 41.5 Å². The van der Waals surface area contributed by atoms with Gasteiger partial charge in [0.1, 0.15) is 0 Å². The van der Waals surface area contributed by atoms with Crippen LogP contribution >= 0.6 is 35.6 Å². The summed E-state index contributed by atoms with van der Waals surface area (Å²) >= 11 is 11.7. The van der Waals surface area contributed by atoms with Crippen molar-refractivity contribution < 1.29 is 9.32 Å². The van der Waals surface area contributed by atoms with E-state index < -0.39 is 5.54 Å². The molecule has 3 rings (SSSR count). The van der Waals surface area contributed by atoms with Gasteiger partial charge in [-0.25, -0.2) is 0 Å². The minimum absolute atomic E-state index is 0. The summed E-state index contributed by atoms with van der Waals surface area (Å²) < 4.78 is 5.17. The third-order valence-electron chi connectivity index (χ3n) is 3.99. The van der Waals surface area contributed by atoms with Crippen molar-refractivity contribution in [2.24, 2.45) is 5.73 Å². The van der Waals surface area contributed by atoms with Crippen LogP contribution in [0.25, 0.3) is 0 Å². The maximum atomic E-state index is 12.1. The number of nitrogens with one attached hydrogen (secondary N) is 1. The molecule has 0 unspecified atom stereocenters. The zero-order chi connectivity index (χ0) is 16.4. The first-order chi connectivity index (χ1) is 11.0. The Labute approximate surface area is 155 Å². The molecule has 24 heavy (non-hydrogen) atoms. The van der Waals surface area contributed by atoms with Crippen LogP contribution in [0.5, 0.6) is 0 Å². The summed E-state index contributed by atoms with van der Waals surface area (Å²) in [6.07, 6.45) is 3.83. The van der Waals surface area contributed by atoms with Crippen LogP contribution in [-0.2, 0) is 12.1 Å². The molecule has 1 aromatic carbocycles. The van der Waals surface area contributed by atoms with Crippen molar-refractivity contribution in [3.63, 3.8) is 0 Å². The zero-order valence-electron chi connectivity index (χ0n) is 12.7. The SMILES string of the molecule is Cl.NC1(c2noc(CNC(=O)c3ccc(Cl)c(Cl)c3)n2)CCCC1. The van der Waals surface area contributed by atoms with Gasteiger partial charge in [0, 0.05) is 5.56 Å². The molecule has 3 N–H and O–H groups in total. The van der Waals surface area contributed by atoms with Crippen LogP contribution in [0.15, 0.2) is 22.7 Å². The molecular weight excluding hydrogens is 375 g/mol. The van der Waals surface area contributed by atoms with Gasteiger partial charge >= 0.3 is 0 Å². The van der Waals surface area contributed by atoms with Gasteiger partial charge in [-0.1, -0.05) is 41.2 Å². The lowest BCUT2D eigenvalue weighted by Crippen LogP contribution is -2.34. The van der Waals surface area contributed by atoms with E-state index in [0.717, 1.165) is 25.7 Å². The molecule has 0 radical (unpaired) electrons. The number of nitrogens with two attached hydrogens (primary N) is 1. The summed E-state index contributed by atoms with van der Waals surface area (Å²) in [5.74, 6) is 0.533. The Morgan fingerprint density at radius 1 is 1.29 bits per heavy atom. The third kappa shape index (κ3) is 4.00. The lowest BCUT2D eigenvalue weighted by Gasteiger charge is -2.17. The maximum Gasteiger partial charge on any atom is 0.251 e. The molecule has 1 aromatic heterocycles. The minimum atomic E-state index is -0.505. The van der Waals surface area contributed by atoms with E-state index in [1.807, 2.05) is 0 Å². The second-order valence-corrected chi connectivity index (χ2v) is 6.50. The van der Waals surface area contributed by atoms with Crippen LogP contribution in [0, 0.1) is 0 Å². The first-order valence-electron chi connectivity index (χ1n) is 7.33. The first kappa shape index (κ1) is 19.0. The number of carbonyl (C=O) groups is 1. The Morgan fingerprint density at radius 3 is 2.67 bits per heavy atom. The van der Waals surface area contributed by atoms with Crippen LogP contribution in [0.2, 0.25) is 10.0 Å². The highest BCUT2D eigenvalue weighted by Gasteiger charge is 2.35. The number of carbonyl (C=O) groups excluding carboxylic acids is 1. The van der Waals surface area contributed by atoms with Gasteiger partial charge in [-0.15, -0.1) is 12.4 Å². The van der Waals surface area contributed by atoms with Gasteiger partial charge in [0.15, 0.2) is 5.82 Å². The molecule has 1 fully saturated rings. The summed E-state index contributed by atoms with van der Waals surface area (Å²) in [6, 6.07) is 4.67. The molecule has 0 saturated heterocycles. The lowest BCUT2D eigenvalue weighted by atomic mass is 9.99. The minimum Gasteiger partial charge on any atom is -0.343 e. The van der Waals surface area contributed by atoms with Gasteiger partial charge in [0.05, 0.1) is 22.1 Å². The van der Waals surface area contributed by atoms with E-state index in [1.165, 1.54) is 6.07 Å². The molecule has 130 valence electrons. The maximum absolute atomic E-state index is 12.1. The van der Waals surface area contributed by atoms with Crippen molar-refractivity contribution in [2.75, 3.05) is 0 Å². The summed E-state index contributed by atoms with van der Waals surface area (Å²) in [5, 5.41) is 7.37. The Kier molecular flexibility index (Phi) is 6.09. The van der Waals surface area contributed by atoms with Crippen LogP contribution in [-0.4, -0.2) is 16.0 Å². The Balaban J connectivity index is 0.00000208. The molecule has 0 atom stereocenters. The van der Waals surface area contributed by atoms with Gasteiger partial charge in [0.2, 0.25) is 5.89 Å². The molecule has 9 heteroatoms. The van der Waals surface area contributed by atoms with E-state index in [2.05, 4.69) is 15.5 Å². The first-order valence-corrected chi connectivity index (χ1v) is 8.09. The van der Waals surface area contributed by atoms with Gasteiger partial charge in [-0.05, 0) is 31.0 Å². The topological polar surface area (TPSA) is 94.0 Å². The number of benzene rings is 1. The van der Waals surface area contributed by atoms with Gasteiger partial charge in [0.25, 0.3) is 5.91 Å². The van der Waals surface area contributed by atoms with E-state index in [4.69, 9.17) is 33.5 Å². The number of rotatable bonds is 4. The highest BCUT2D eigenvalue weighted by molar-refractivity contribution is 6.42. The molecule has 1 aliphatic rings. The van der Waals surface area contributed by atoms with Crippen LogP contribution in [0.4, 0.5) is 0 Å². The number of hydrogen-bond donors (Lipinski definition) is 2. The van der Waals surface area contributed by atoms with E-state index in [9.17, 15) is 4.79 Å². The molecule has 1 aliphatic carbocycles. The predicted octanol–water partition coefficient (Wildman–Crippen LogP) is 3.46. The monoisotopic (exact) mass is 390 g/mol. The molecule has 2 aromatic rings. The quantitative estimate of drug-likeness (QED) is 0.832.